The van der Waals surface area contributed by atoms with E-state index in [-0.39, 0.29) is 6.42 Å². The van der Waals surface area contributed by atoms with Crippen LogP contribution in [-0.4, -0.2) is 57.7 Å². The molecule has 0 saturated carbocycles. The standard InChI is InChI=1S/C5H12O12S3/c1-2-4(16-19(9,10)11)5(17-20(12,13)14)3-15-18(6,7)8/h4-5H,2-3H2,1H3,(H,6,7,8)(H,9,10,11)(H,12,13,14). The SMILES string of the molecule is CCC(OS(=O)(=O)O)C(COS(=O)(=O)O)OS(=O)(=O)O. The molecule has 122 valence electrons. The molecule has 0 bridgehead atoms. The van der Waals surface area contributed by atoms with Crippen LogP contribution in [0.3, 0.4) is 0 Å². The van der Waals surface area contributed by atoms with Crippen LogP contribution in [0.5, 0.6) is 0 Å². The summed E-state index contributed by atoms with van der Waals surface area (Å²) in [6, 6.07) is 0. The first kappa shape index (κ1) is 19.6. The molecule has 0 fully saturated rings. The molecule has 0 saturated heterocycles. The smallest absolute Gasteiger partial charge is 0.264 e. The number of rotatable bonds is 9. The van der Waals surface area contributed by atoms with Gasteiger partial charge in [-0.15, -0.1) is 0 Å². The fraction of sp³-hybridized carbons (Fsp3) is 1.00. The van der Waals surface area contributed by atoms with Gasteiger partial charge in [0.15, 0.2) is 0 Å². The van der Waals surface area contributed by atoms with E-state index in [0.29, 0.717) is 0 Å². The summed E-state index contributed by atoms with van der Waals surface area (Å²) in [6.07, 6.45) is -3.97. The van der Waals surface area contributed by atoms with E-state index in [0.717, 1.165) is 0 Å². The Bertz CT molecular complexity index is 599. The molecule has 0 aliphatic heterocycles. The van der Waals surface area contributed by atoms with Crippen LogP contribution in [0.2, 0.25) is 0 Å². The largest absolute Gasteiger partial charge is 0.397 e. The number of hydrogen-bond donors (Lipinski definition) is 3. The van der Waals surface area contributed by atoms with Crippen LogP contribution in [0.1, 0.15) is 13.3 Å². The van der Waals surface area contributed by atoms with Gasteiger partial charge in [0, 0.05) is 0 Å². The Morgan fingerprint density at radius 3 is 1.50 bits per heavy atom. The lowest BCUT2D eigenvalue weighted by molar-refractivity contribution is 0.0147. The first-order chi connectivity index (χ1) is 8.73. The van der Waals surface area contributed by atoms with Crippen molar-refractivity contribution in [3.63, 3.8) is 0 Å². The van der Waals surface area contributed by atoms with Gasteiger partial charge < -0.3 is 0 Å². The highest BCUT2D eigenvalue weighted by Crippen LogP contribution is 2.14. The Hall–Kier alpha value is -0.390. The average Bonchev–Trinajstić information content (AvgIpc) is 2.16. The van der Waals surface area contributed by atoms with E-state index in [1.165, 1.54) is 6.92 Å². The Kier molecular flexibility index (Phi) is 6.91. The van der Waals surface area contributed by atoms with Crippen molar-refractivity contribution in [2.75, 3.05) is 6.61 Å². The summed E-state index contributed by atoms with van der Waals surface area (Å²) in [4.78, 5) is 0. The third kappa shape index (κ3) is 10.4. The maximum absolute atomic E-state index is 10.6. The van der Waals surface area contributed by atoms with Crippen LogP contribution >= 0.6 is 0 Å². The lowest BCUT2D eigenvalue weighted by Crippen LogP contribution is -2.38. The van der Waals surface area contributed by atoms with Crippen molar-refractivity contribution >= 4 is 31.2 Å². The van der Waals surface area contributed by atoms with Gasteiger partial charge in [0.2, 0.25) is 0 Å². The van der Waals surface area contributed by atoms with Gasteiger partial charge in [0.1, 0.15) is 12.2 Å². The minimum absolute atomic E-state index is 0.283. The van der Waals surface area contributed by atoms with E-state index in [4.69, 9.17) is 13.7 Å². The first-order valence-electron chi connectivity index (χ1n) is 4.66. The summed E-state index contributed by atoms with van der Waals surface area (Å²) in [7, 11) is -15.1. The van der Waals surface area contributed by atoms with Crippen molar-refractivity contribution in [2.24, 2.45) is 0 Å². The molecular formula is C5H12O12S3. The van der Waals surface area contributed by atoms with Gasteiger partial charge in [-0.25, -0.2) is 12.5 Å². The van der Waals surface area contributed by atoms with E-state index in [1.54, 1.807) is 0 Å². The molecular weight excluding hydrogens is 348 g/mol. The highest BCUT2D eigenvalue weighted by atomic mass is 32.3. The van der Waals surface area contributed by atoms with Crippen LogP contribution in [-0.2, 0) is 43.7 Å². The summed E-state index contributed by atoms with van der Waals surface area (Å²) in [5, 5.41) is 0. The van der Waals surface area contributed by atoms with E-state index in [9.17, 15) is 25.3 Å². The average molecular weight is 360 g/mol. The minimum Gasteiger partial charge on any atom is -0.264 e. The van der Waals surface area contributed by atoms with Gasteiger partial charge in [-0.2, -0.15) is 25.3 Å². The van der Waals surface area contributed by atoms with Gasteiger partial charge >= 0.3 is 31.2 Å². The Morgan fingerprint density at radius 1 is 0.800 bits per heavy atom. The normalized spacial score (nSPS) is 16.8. The van der Waals surface area contributed by atoms with E-state index < -0.39 is 50.0 Å². The van der Waals surface area contributed by atoms with Crippen molar-refractivity contribution in [2.45, 2.75) is 25.6 Å². The van der Waals surface area contributed by atoms with E-state index in [2.05, 4.69) is 12.5 Å². The molecule has 2 unspecified atom stereocenters. The maximum Gasteiger partial charge on any atom is 0.397 e. The Labute approximate surface area is 115 Å². The van der Waals surface area contributed by atoms with Gasteiger partial charge in [-0.1, -0.05) is 6.92 Å². The van der Waals surface area contributed by atoms with Gasteiger partial charge in [0.05, 0.1) is 6.61 Å². The van der Waals surface area contributed by atoms with Crippen molar-refractivity contribution in [3.8, 4) is 0 Å². The molecule has 15 heteroatoms. The Morgan fingerprint density at radius 2 is 1.20 bits per heavy atom. The van der Waals surface area contributed by atoms with Crippen LogP contribution in [0.25, 0.3) is 0 Å². The molecule has 20 heavy (non-hydrogen) atoms. The van der Waals surface area contributed by atoms with Crippen LogP contribution in [0, 0.1) is 0 Å². The molecule has 0 spiro atoms. The monoisotopic (exact) mass is 360 g/mol. The number of hydrogen-bond acceptors (Lipinski definition) is 9. The van der Waals surface area contributed by atoms with Crippen molar-refractivity contribution < 1.29 is 51.5 Å². The van der Waals surface area contributed by atoms with Crippen molar-refractivity contribution in [1.82, 2.24) is 0 Å². The zero-order chi connectivity index (χ0) is 16.2. The predicted molar refractivity (Wildman–Crippen MR) is 60.6 cm³/mol. The van der Waals surface area contributed by atoms with Gasteiger partial charge in [-0.05, 0) is 6.42 Å². The second kappa shape index (κ2) is 7.05. The van der Waals surface area contributed by atoms with E-state index >= 15 is 0 Å². The topological polar surface area (TPSA) is 191 Å². The molecule has 0 aromatic heterocycles. The lowest BCUT2D eigenvalue weighted by Gasteiger charge is -2.22. The third-order valence-electron chi connectivity index (χ3n) is 1.69. The lowest BCUT2D eigenvalue weighted by atomic mass is 10.2. The van der Waals surface area contributed by atoms with Crippen molar-refractivity contribution in [1.29, 1.82) is 0 Å². The summed E-state index contributed by atoms with van der Waals surface area (Å²) < 4.78 is 99.9. The minimum atomic E-state index is -5.11. The van der Waals surface area contributed by atoms with Crippen LogP contribution in [0.15, 0.2) is 0 Å². The summed E-state index contributed by atoms with van der Waals surface area (Å²) >= 11 is 0. The second-order valence-electron chi connectivity index (χ2n) is 3.25. The Balaban J connectivity index is 5.16. The zero-order valence-electron chi connectivity index (χ0n) is 9.81. The summed E-state index contributed by atoms with van der Waals surface area (Å²) in [5.74, 6) is 0. The van der Waals surface area contributed by atoms with Crippen LogP contribution in [0.4, 0.5) is 0 Å². The maximum atomic E-state index is 10.6. The fourth-order valence-electron chi connectivity index (χ4n) is 1.06. The van der Waals surface area contributed by atoms with Gasteiger partial charge in [0.25, 0.3) is 0 Å². The molecule has 0 aliphatic rings. The van der Waals surface area contributed by atoms with Gasteiger partial charge in [-0.3, -0.25) is 13.7 Å². The summed E-state index contributed by atoms with van der Waals surface area (Å²) in [5.41, 5.74) is 0. The second-order valence-corrected chi connectivity index (χ2v) is 6.43. The molecule has 0 aromatic carbocycles. The molecule has 0 heterocycles. The molecule has 0 radical (unpaired) electrons. The highest BCUT2D eigenvalue weighted by Gasteiger charge is 2.31. The molecule has 3 N–H and O–H groups in total. The molecule has 12 nitrogen and oxygen atoms in total. The van der Waals surface area contributed by atoms with E-state index in [1.807, 2.05) is 0 Å². The highest BCUT2D eigenvalue weighted by molar-refractivity contribution is 7.81. The first-order valence-corrected chi connectivity index (χ1v) is 8.76. The van der Waals surface area contributed by atoms with Crippen molar-refractivity contribution in [3.05, 3.63) is 0 Å². The molecule has 0 rings (SSSR count). The third-order valence-corrected chi connectivity index (χ3v) is 3.10. The quantitative estimate of drug-likeness (QED) is 0.408. The molecule has 0 amide bonds. The summed E-state index contributed by atoms with van der Waals surface area (Å²) in [6.45, 7) is 0.0658. The molecule has 0 aliphatic carbocycles. The zero-order valence-corrected chi connectivity index (χ0v) is 12.3. The van der Waals surface area contributed by atoms with Crippen LogP contribution < -0.4 is 0 Å². The molecule has 2 atom stereocenters. The predicted octanol–water partition coefficient (Wildman–Crippen LogP) is -1.41. The fourth-order valence-corrected chi connectivity index (χ4v) is 2.43. The molecule has 0 aromatic rings.